The van der Waals surface area contributed by atoms with Gasteiger partial charge in [-0.15, -0.1) is 0 Å². The fraction of sp³-hybridized carbons (Fsp3) is 0.909. The van der Waals surface area contributed by atoms with Crippen molar-refractivity contribution in [3.63, 3.8) is 0 Å². The molecule has 0 radical (unpaired) electrons. The first kappa shape index (κ1) is 13.6. The normalized spacial score (nSPS) is 19.7. The van der Waals surface area contributed by atoms with E-state index in [-0.39, 0.29) is 17.9 Å². The molecule has 0 aromatic carbocycles. The second-order valence-corrected chi connectivity index (χ2v) is 6.35. The lowest BCUT2D eigenvalue weighted by Gasteiger charge is -2.12. The Morgan fingerprint density at radius 1 is 1.50 bits per heavy atom. The van der Waals surface area contributed by atoms with Gasteiger partial charge in [-0.3, -0.25) is 9.00 Å². The summed E-state index contributed by atoms with van der Waals surface area (Å²) in [6.07, 6.45) is 2.11. The Labute approximate surface area is 98.8 Å². The van der Waals surface area contributed by atoms with E-state index < -0.39 is 16.8 Å². The summed E-state index contributed by atoms with van der Waals surface area (Å²) in [6.45, 7) is 4.37. The van der Waals surface area contributed by atoms with Crippen molar-refractivity contribution in [1.29, 1.82) is 0 Å². The van der Waals surface area contributed by atoms with E-state index in [0.717, 1.165) is 12.8 Å². The van der Waals surface area contributed by atoms with Gasteiger partial charge in [-0.25, -0.2) is 0 Å². The SMILES string of the molecule is CC(C)OCCS(=O)CC1(CC(=O)O)CC1. The summed E-state index contributed by atoms with van der Waals surface area (Å²) in [6, 6.07) is 0. The van der Waals surface area contributed by atoms with Crippen LogP contribution in [0.1, 0.15) is 33.1 Å². The fourth-order valence-corrected chi connectivity index (χ4v) is 3.16. The highest BCUT2D eigenvalue weighted by molar-refractivity contribution is 7.85. The molecule has 5 heteroatoms. The van der Waals surface area contributed by atoms with Crippen LogP contribution in [0.4, 0.5) is 0 Å². The van der Waals surface area contributed by atoms with Gasteiger partial charge < -0.3 is 9.84 Å². The topological polar surface area (TPSA) is 63.6 Å². The minimum atomic E-state index is -0.948. The molecule has 0 spiro atoms. The number of hydrogen-bond donors (Lipinski definition) is 1. The number of ether oxygens (including phenoxy) is 1. The van der Waals surface area contributed by atoms with E-state index in [0.29, 0.717) is 18.1 Å². The quantitative estimate of drug-likeness (QED) is 0.705. The van der Waals surface area contributed by atoms with Gasteiger partial charge in [-0.1, -0.05) is 0 Å². The lowest BCUT2D eigenvalue weighted by atomic mass is 10.1. The summed E-state index contributed by atoms with van der Waals surface area (Å²) in [5, 5.41) is 8.73. The van der Waals surface area contributed by atoms with Crippen molar-refractivity contribution >= 4 is 16.8 Å². The zero-order valence-corrected chi connectivity index (χ0v) is 10.7. The highest BCUT2D eigenvalue weighted by Gasteiger charge is 2.45. The Kier molecular flexibility index (Phi) is 4.92. The summed E-state index contributed by atoms with van der Waals surface area (Å²) in [4.78, 5) is 10.6. The molecule has 1 aliphatic carbocycles. The van der Waals surface area contributed by atoms with Crippen LogP contribution in [0.15, 0.2) is 0 Å². The average Bonchev–Trinajstić information content (AvgIpc) is 2.82. The van der Waals surface area contributed by atoms with Crippen LogP contribution in [0.25, 0.3) is 0 Å². The summed E-state index contributed by atoms with van der Waals surface area (Å²) in [7, 11) is -0.948. The maximum absolute atomic E-state index is 11.7. The van der Waals surface area contributed by atoms with Crippen LogP contribution in [0, 0.1) is 5.41 Å². The third-order valence-electron chi connectivity index (χ3n) is 2.71. The first-order chi connectivity index (χ1) is 7.43. The molecule has 1 atom stereocenters. The molecule has 0 aliphatic heterocycles. The van der Waals surface area contributed by atoms with Gasteiger partial charge in [0.15, 0.2) is 0 Å². The van der Waals surface area contributed by atoms with Crippen LogP contribution in [0.2, 0.25) is 0 Å². The molecule has 1 aliphatic rings. The van der Waals surface area contributed by atoms with E-state index in [1.807, 2.05) is 13.8 Å². The van der Waals surface area contributed by atoms with E-state index in [2.05, 4.69) is 0 Å². The molecule has 94 valence electrons. The van der Waals surface area contributed by atoms with E-state index in [9.17, 15) is 9.00 Å². The molecule has 0 saturated heterocycles. The molecule has 16 heavy (non-hydrogen) atoms. The first-order valence-corrected chi connectivity index (χ1v) is 7.11. The maximum Gasteiger partial charge on any atom is 0.303 e. The van der Waals surface area contributed by atoms with Crippen LogP contribution in [-0.2, 0) is 20.3 Å². The molecule has 1 N–H and O–H groups in total. The molecular formula is C11H20O4S. The van der Waals surface area contributed by atoms with Crippen molar-refractivity contribution in [2.75, 3.05) is 18.1 Å². The van der Waals surface area contributed by atoms with Gasteiger partial charge >= 0.3 is 5.97 Å². The highest BCUT2D eigenvalue weighted by atomic mass is 32.2. The van der Waals surface area contributed by atoms with Gasteiger partial charge in [0.2, 0.25) is 0 Å². The monoisotopic (exact) mass is 248 g/mol. The zero-order chi connectivity index (χ0) is 12.2. The van der Waals surface area contributed by atoms with Crippen molar-refractivity contribution in [3.05, 3.63) is 0 Å². The van der Waals surface area contributed by atoms with Crippen molar-refractivity contribution in [1.82, 2.24) is 0 Å². The Morgan fingerprint density at radius 2 is 2.12 bits per heavy atom. The molecule has 1 saturated carbocycles. The van der Waals surface area contributed by atoms with Gasteiger partial charge in [0.25, 0.3) is 0 Å². The van der Waals surface area contributed by atoms with Crippen LogP contribution in [0.5, 0.6) is 0 Å². The summed E-state index contributed by atoms with van der Waals surface area (Å²) in [5.74, 6) is 0.244. The van der Waals surface area contributed by atoms with Crippen molar-refractivity contribution in [2.45, 2.75) is 39.2 Å². The Hall–Kier alpha value is -0.420. The predicted octanol–water partition coefficient (Wildman–Crippen LogP) is 1.41. The molecule has 1 unspecified atom stereocenters. The van der Waals surface area contributed by atoms with Crippen LogP contribution in [0.3, 0.4) is 0 Å². The molecule has 1 rings (SSSR count). The summed E-state index contributed by atoms with van der Waals surface area (Å²) in [5.41, 5.74) is -0.172. The number of hydrogen-bond acceptors (Lipinski definition) is 3. The van der Waals surface area contributed by atoms with E-state index >= 15 is 0 Å². The fourth-order valence-electron chi connectivity index (χ4n) is 1.66. The maximum atomic E-state index is 11.7. The highest BCUT2D eigenvalue weighted by Crippen LogP contribution is 2.49. The van der Waals surface area contributed by atoms with E-state index in [4.69, 9.17) is 9.84 Å². The van der Waals surface area contributed by atoms with Gasteiger partial charge in [0.05, 0.1) is 19.1 Å². The third-order valence-corrected chi connectivity index (χ3v) is 4.27. The molecule has 0 heterocycles. The van der Waals surface area contributed by atoms with Crippen LogP contribution < -0.4 is 0 Å². The number of rotatable bonds is 8. The summed E-state index contributed by atoms with van der Waals surface area (Å²) < 4.78 is 17.0. The Balaban J connectivity index is 2.21. The van der Waals surface area contributed by atoms with Crippen molar-refractivity contribution < 1.29 is 18.8 Å². The molecule has 0 amide bonds. The first-order valence-electron chi connectivity index (χ1n) is 5.62. The van der Waals surface area contributed by atoms with Crippen molar-refractivity contribution in [2.24, 2.45) is 5.41 Å². The van der Waals surface area contributed by atoms with Gasteiger partial charge in [0.1, 0.15) is 0 Å². The third kappa shape index (κ3) is 5.07. The van der Waals surface area contributed by atoms with Crippen LogP contribution in [-0.4, -0.2) is 39.5 Å². The minimum absolute atomic E-state index is 0.157. The number of carboxylic acid groups (broad SMARTS) is 1. The molecule has 0 bridgehead atoms. The zero-order valence-electron chi connectivity index (χ0n) is 9.90. The largest absolute Gasteiger partial charge is 0.481 e. The number of aliphatic carboxylic acids is 1. The Bertz CT molecular complexity index is 271. The molecular weight excluding hydrogens is 228 g/mol. The predicted molar refractivity (Wildman–Crippen MR) is 62.9 cm³/mol. The molecule has 4 nitrogen and oxygen atoms in total. The summed E-state index contributed by atoms with van der Waals surface area (Å²) >= 11 is 0. The van der Waals surface area contributed by atoms with E-state index in [1.54, 1.807) is 0 Å². The lowest BCUT2D eigenvalue weighted by molar-refractivity contribution is -0.138. The van der Waals surface area contributed by atoms with Crippen molar-refractivity contribution in [3.8, 4) is 0 Å². The van der Waals surface area contributed by atoms with Gasteiger partial charge in [0, 0.05) is 22.3 Å². The lowest BCUT2D eigenvalue weighted by Crippen LogP contribution is -2.20. The van der Waals surface area contributed by atoms with Gasteiger partial charge in [-0.2, -0.15) is 0 Å². The Morgan fingerprint density at radius 3 is 2.56 bits per heavy atom. The smallest absolute Gasteiger partial charge is 0.303 e. The minimum Gasteiger partial charge on any atom is -0.481 e. The number of carbonyl (C=O) groups is 1. The average molecular weight is 248 g/mol. The number of carboxylic acids is 1. The van der Waals surface area contributed by atoms with E-state index in [1.165, 1.54) is 0 Å². The van der Waals surface area contributed by atoms with Gasteiger partial charge in [-0.05, 0) is 32.1 Å². The molecule has 0 aromatic rings. The molecule has 1 fully saturated rings. The van der Waals surface area contributed by atoms with Crippen LogP contribution >= 0.6 is 0 Å². The standard InChI is InChI=1S/C11H20O4S/c1-9(2)15-5-6-16(14)8-11(3-4-11)7-10(12)13/h9H,3-8H2,1-2H3,(H,12,13). The second-order valence-electron chi connectivity index (χ2n) is 4.78. The molecule has 0 aromatic heterocycles. The second kappa shape index (κ2) is 5.77.